The Kier molecular flexibility index (Phi) is 6.24. The lowest BCUT2D eigenvalue weighted by molar-refractivity contribution is 0.0952. The van der Waals surface area contributed by atoms with E-state index in [1.54, 1.807) is 18.2 Å². The Labute approximate surface area is 165 Å². The van der Waals surface area contributed by atoms with E-state index in [4.69, 9.17) is 0 Å². The van der Waals surface area contributed by atoms with Gasteiger partial charge in [0.15, 0.2) is 0 Å². The molecule has 0 heterocycles. The predicted octanol–water partition coefficient (Wildman–Crippen LogP) is 4.91. The van der Waals surface area contributed by atoms with Crippen molar-refractivity contribution >= 4 is 75.8 Å². The molecule has 0 aromatic heterocycles. The third-order valence-electron chi connectivity index (χ3n) is 2.70. The summed E-state index contributed by atoms with van der Waals surface area (Å²) in [5.74, 6) is -0.775. The van der Waals surface area contributed by atoms with Gasteiger partial charge in [-0.15, -0.1) is 0 Å². The molecule has 0 saturated heterocycles. The second-order valence-corrected chi connectivity index (χ2v) is 7.85. The first-order valence-corrected chi connectivity index (χ1v) is 9.16. The smallest absolute Gasteiger partial charge is 0.275 e. The fourth-order valence-corrected chi connectivity index (χ4v) is 4.13. The highest BCUT2D eigenvalue weighted by Gasteiger charge is 2.14. The first kappa shape index (κ1) is 18.4. The van der Waals surface area contributed by atoms with Crippen molar-refractivity contribution in [3.63, 3.8) is 0 Å². The van der Waals surface area contributed by atoms with Gasteiger partial charge in [-0.3, -0.25) is 4.79 Å². The minimum absolute atomic E-state index is 0.000698. The molecule has 2 aromatic rings. The van der Waals surface area contributed by atoms with Crippen molar-refractivity contribution in [2.24, 2.45) is 5.10 Å². The number of carbonyl (C=O) groups is 1. The molecule has 0 spiro atoms. The van der Waals surface area contributed by atoms with Crippen LogP contribution in [0.25, 0.3) is 0 Å². The number of halogens is 4. The Bertz CT molecular complexity index is 809. The van der Waals surface area contributed by atoms with Crippen LogP contribution in [0.2, 0.25) is 0 Å². The van der Waals surface area contributed by atoms with E-state index in [1.807, 2.05) is 0 Å². The zero-order valence-corrected chi connectivity index (χ0v) is 17.5. The lowest BCUT2D eigenvalue weighted by atomic mass is 10.2. The van der Waals surface area contributed by atoms with Crippen LogP contribution in [0.5, 0.6) is 11.5 Å². The number of hydrogen-bond acceptors (Lipinski definition) is 4. The molecule has 1 amide bonds. The molecule has 0 aliphatic carbocycles. The van der Waals surface area contributed by atoms with Crippen LogP contribution in [-0.2, 0) is 0 Å². The van der Waals surface area contributed by atoms with Gasteiger partial charge in [0.1, 0.15) is 11.5 Å². The van der Waals surface area contributed by atoms with Crippen LogP contribution in [0.4, 0.5) is 0 Å². The largest absolute Gasteiger partial charge is 0.506 e. The topological polar surface area (TPSA) is 81.9 Å². The van der Waals surface area contributed by atoms with Crippen molar-refractivity contribution in [3.8, 4) is 11.5 Å². The number of carbonyl (C=O) groups excluding carboxylic acids is 1. The van der Waals surface area contributed by atoms with E-state index in [9.17, 15) is 15.0 Å². The van der Waals surface area contributed by atoms with Crippen LogP contribution in [0.1, 0.15) is 15.9 Å². The van der Waals surface area contributed by atoms with Gasteiger partial charge in [0.05, 0.1) is 20.7 Å². The molecular weight excluding hydrogens is 564 g/mol. The highest BCUT2D eigenvalue weighted by molar-refractivity contribution is 9.11. The van der Waals surface area contributed by atoms with Crippen LogP contribution < -0.4 is 5.43 Å². The highest BCUT2D eigenvalue weighted by Crippen LogP contribution is 2.32. The summed E-state index contributed by atoms with van der Waals surface area (Å²) >= 11 is 12.9. The summed E-state index contributed by atoms with van der Waals surface area (Å²) in [6, 6.07) is 6.41. The Hall–Kier alpha value is -0.900. The van der Waals surface area contributed by atoms with Crippen molar-refractivity contribution in [2.45, 2.75) is 0 Å². The van der Waals surface area contributed by atoms with Gasteiger partial charge < -0.3 is 10.2 Å². The molecule has 0 unspecified atom stereocenters. The van der Waals surface area contributed by atoms with E-state index in [2.05, 4.69) is 74.2 Å². The van der Waals surface area contributed by atoms with Crippen molar-refractivity contribution < 1.29 is 15.0 Å². The standard InChI is InChI=1S/C14H8Br4N2O3/c15-7-1-6(12(21)10(17)3-7)5-19-20-14(23)9-2-8(16)4-11(18)13(9)22/h1-5,21-22H,(H,20,23). The van der Waals surface area contributed by atoms with E-state index >= 15 is 0 Å². The van der Waals surface area contributed by atoms with Gasteiger partial charge >= 0.3 is 0 Å². The van der Waals surface area contributed by atoms with E-state index in [1.165, 1.54) is 12.3 Å². The van der Waals surface area contributed by atoms with Gasteiger partial charge in [-0.2, -0.15) is 5.10 Å². The number of hydrazone groups is 1. The minimum atomic E-state index is -0.589. The normalized spacial score (nSPS) is 11.0. The number of phenols is 2. The summed E-state index contributed by atoms with van der Waals surface area (Å²) in [5, 5.41) is 23.6. The molecule has 0 saturated carbocycles. The first-order chi connectivity index (χ1) is 10.8. The molecule has 0 atom stereocenters. The van der Waals surface area contributed by atoms with E-state index in [0.717, 1.165) is 4.47 Å². The first-order valence-electron chi connectivity index (χ1n) is 5.99. The highest BCUT2D eigenvalue weighted by atomic mass is 79.9. The van der Waals surface area contributed by atoms with Crippen molar-refractivity contribution in [1.29, 1.82) is 0 Å². The van der Waals surface area contributed by atoms with E-state index in [0.29, 0.717) is 19.0 Å². The van der Waals surface area contributed by atoms with Crippen molar-refractivity contribution in [1.82, 2.24) is 5.43 Å². The minimum Gasteiger partial charge on any atom is -0.506 e. The van der Waals surface area contributed by atoms with Gasteiger partial charge in [0, 0.05) is 14.5 Å². The fourth-order valence-electron chi connectivity index (χ4n) is 1.64. The third-order valence-corrected chi connectivity index (χ3v) is 4.82. The molecule has 9 heteroatoms. The van der Waals surface area contributed by atoms with Gasteiger partial charge in [-0.05, 0) is 56.1 Å². The van der Waals surface area contributed by atoms with Gasteiger partial charge in [-0.25, -0.2) is 5.43 Å². The molecule has 120 valence electrons. The Morgan fingerprint density at radius 3 is 2.17 bits per heavy atom. The molecule has 3 N–H and O–H groups in total. The average Bonchev–Trinajstić information content (AvgIpc) is 2.47. The number of hydrogen-bond donors (Lipinski definition) is 3. The molecule has 0 aliphatic heterocycles. The van der Waals surface area contributed by atoms with E-state index < -0.39 is 5.91 Å². The molecule has 0 bridgehead atoms. The maximum absolute atomic E-state index is 12.1. The second-order valence-electron chi connectivity index (χ2n) is 4.31. The maximum Gasteiger partial charge on any atom is 0.275 e. The molecule has 2 rings (SSSR count). The lowest BCUT2D eigenvalue weighted by Gasteiger charge is -2.06. The number of nitrogens with zero attached hydrogens (tertiary/aromatic N) is 1. The molecule has 23 heavy (non-hydrogen) atoms. The molecule has 5 nitrogen and oxygen atoms in total. The number of rotatable bonds is 3. The van der Waals surface area contributed by atoms with Crippen LogP contribution >= 0.6 is 63.7 Å². The summed E-state index contributed by atoms with van der Waals surface area (Å²) in [4.78, 5) is 12.1. The predicted molar refractivity (Wildman–Crippen MR) is 102 cm³/mol. The zero-order valence-electron chi connectivity index (χ0n) is 11.1. The second kappa shape index (κ2) is 7.78. The fraction of sp³-hybridized carbons (Fsp3) is 0. The molecule has 2 aromatic carbocycles. The molecule has 0 radical (unpaired) electrons. The van der Waals surface area contributed by atoms with Crippen LogP contribution in [0, 0.1) is 0 Å². The average molecular weight is 572 g/mol. The molecule has 0 fully saturated rings. The third kappa shape index (κ3) is 4.56. The summed E-state index contributed by atoms with van der Waals surface area (Å²) < 4.78 is 2.25. The molecular formula is C14H8Br4N2O3. The molecule has 0 aliphatic rings. The number of benzene rings is 2. The lowest BCUT2D eigenvalue weighted by Crippen LogP contribution is -2.18. The summed E-state index contributed by atoms with van der Waals surface area (Å²) in [6.07, 6.45) is 1.30. The SMILES string of the molecule is O=C(NN=Cc1cc(Br)cc(Br)c1O)c1cc(Br)cc(Br)c1O. The Balaban J connectivity index is 2.20. The van der Waals surface area contributed by atoms with Crippen LogP contribution in [0.15, 0.2) is 47.3 Å². The van der Waals surface area contributed by atoms with Gasteiger partial charge in [-0.1, -0.05) is 31.9 Å². The van der Waals surface area contributed by atoms with Gasteiger partial charge in [0.2, 0.25) is 0 Å². The van der Waals surface area contributed by atoms with Gasteiger partial charge in [0.25, 0.3) is 5.91 Å². The zero-order chi connectivity index (χ0) is 17.1. The monoisotopic (exact) mass is 568 g/mol. The van der Waals surface area contributed by atoms with Crippen molar-refractivity contribution in [3.05, 3.63) is 53.3 Å². The number of nitrogens with one attached hydrogen (secondary N) is 1. The number of phenolic OH excluding ortho intramolecular Hbond substituents is 2. The number of aromatic hydroxyl groups is 2. The van der Waals surface area contributed by atoms with Crippen LogP contribution in [0.3, 0.4) is 0 Å². The number of amides is 1. The van der Waals surface area contributed by atoms with Crippen molar-refractivity contribution in [2.75, 3.05) is 0 Å². The quantitative estimate of drug-likeness (QED) is 0.362. The summed E-state index contributed by atoms with van der Waals surface area (Å²) in [6.45, 7) is 0. The summed E-state index contributed by atoms with van der Waals surface area (Å²) in [7, 11) is 0. The summed E-state index contributed by atoms with van der Waals surface area (Å²) in [5.41, 5.74) is 2.76. The van der Waals surface area contributed by atoms with Crippen LogP contribution in [-0.4, -0.2) is 22.3 Å². The maximum atomic E-state index is 12.1. The Morgan fingerprint density at radius 2 is 1.52 bits per heavy atom. The Morgan fingerprint density at radius 1 is 0.957 bits per heavy atom. The van der Waals surface area contributed by atoms with E-state index in [-0.39, 0.29) is 17.1 Å².